The lowest BCUT2D eigenvalue weighted by atomic mass is 10.1. The van der Waals surface area contributed by atoms with E-state index in [1.807, 2.05) is 0 Å². The molecule has 94 valence electrons. The Hall–Kier alpha value is -1.58. The summed E-state index contributed by atoms with van der Waals surface area (Å²) in [6, 6.07) is 11.6. The molecule has 2 rings (SSSR count). The van der Waals surface area contributed by atoms with Gasteiger partial charge >= 0.3 is 0 Å². The predicted octanol–water partition coefficient (Wildman–Crippen LogP) is 3.77. The number of halogens is 2. The summed E-state index contributed by atoms with van der Waals surface area (Å²) in [7, 11) is 0. The fourth-order valence-corrected chi connectivity index (χ4v) is 1.70. The van der Waals surface area contributed by atoms with Gasteiger partial charge < -0.3 is 10.5 Å². The van der Waals surface area contributed by atoms with Crippen LogP contribution in [0.4, 0.5) is 4.39 Å². The van der Waals surface area contributed by atoms with Gasteiger partial charge in [-0.25, -0.2) is 4.39 Å². The zero-order chi connectivity index (χ0) is 13.0. The Morgan fingerprint density at radius 2 is 1.83 bits per heavy atom. The van der Waals surface area contributed by atoms with Gasteiger partial charge in [-0.15, -0.1) is 0 Å². The SMILES string of the molecule is NCCc1ccc(Oc2ccc(Cl)cc2)c(F)c1. The molecule has 0 aliphatic rings. The van der Waals surface area contributed by atoms with Gasteiger partial charge in [-0.1, -0.05) is 17.7 Å². The molecule has 0 saturated heterocycles. The van der Waals surface area contributed by atoms with Crippen molar-refractivity contribution in [3.63, 3.8) is 0 Å². The second kappa shape index (κ2) is 5.85. The van der Waals surface area contributed by atoms with Gasteiger partial charge in [0.05, 0.1) is 0 Å². The van der Waals surface area contributed by atoms with Crippen molar-refractivity contribution in [2.24, 2.45) is 5.73 Å². The lowest BCUT2D eigenvalue weighted by Crippen LogP contribution is -2.03. The van der Waals surface area contributed by atoms with E-state index in [2.05, 4.69) is 0 Å². The molecular formula is C14H13ClFNO. The number of benzene rings is 2. The summed E-state index contributed by atoms with van der Waals surface area (Å²) in [5.41, 5.74) is 6.28. The molecular weight excluding hydrogens is 253 g/mol. The Morgan fingerprint density at radius 3 is 2.44 bits per heavy atom. The van der Waals surface area contributed by atoms with Crippen LogP contribution in [0.5, 0.6) is 11.5 Å². The van der Waals surface area contributed by atoms with Crippen LogP contribution >= 0.6 is 11.6 Å². The minimum Gasteiger partial charge on any atom is -0.454 e. The Bertz CT molecular complexity index is 528. The summed E-state index contributed by atoms with van der Waals surface area (Å²) >= 11 is 5.76. The van der Waals surface area contributed by atoms with Crippen molar-refractivity contribution < 1.29 is 9.13 Å². The van der Waals surface area contributed by atoms with Crippen molar-refractivity contribution >= 4 is 11.6 Å². The van der Waals surface area contributed by atoms with Crippen molar-refractivity contribution in [2.75, 3.05) is 6.54 Å². The molecule has 0 radical (unpaired) electrons. The van der Waals surface area contributed by atoms with Gasteiger partial charge in [-0.2, -0.15) is 0 Å². The fourth-order valence-electron chi connectivity index (χ4n) is 1.58. The zero-order valence-corrected chi connectivity index (χ0v) is 10.5. The minimum atomic E-state index is -0.393. The van der Waals surface area contributed by atoms with Gasteiger partial charge in [0.2, 0.25) is 0 Å². The van der Waals surface area contributed by atoms with E-state index in [1.54, 1.807) is 36.4 Å². The number of hydrogen-bond donors (Lipinski definition) is 1. The third-order valence-electron chi connectivity index (χ3n) is 2.47. The van der Waals surface area contributed by atoms with Crippen molar-refractivity contribution in [1.29, 1.82) is 0 Å². The molecule has 0 fully saturated rings. The molecule has 18 heavy (non-hydrogen) atoms. The smallest absolute Gasteiger partial charge is 0.165 e. The summed E-state index contributed by atoms with van der Waals surface area (Å²) < 4.78 is 19.2. The minimum absolute atomic E-state index is 0.193. The Labute approximate surface area is 110 Å². The van der Waals surface area contributed by atoms with Gasteiger partial charge in [0.25, 0.3) is 0 Å². The van der Waals surface area contributed by atoms with E-state index in [0.29, 0.717) is 23.7 Å². The molecule has 4 heteroatoms. The Morgan fingerprint density at radius 1 is 1.11 bits per heavy atom. The normalized spacial score (nSPS) is 10.4. The van der Waals surface area contributed by atoms with Crippen molar-refractivity contribution in [2.45, 2.75) is 6.42 Å². The standard InChI is InChI=1S/C14H13ClFNO/c15-11-2-4-12(5-3-11)18-14-6-1-10(7-8-17)9-13(14)16/h1-6,9H,7-8,17H2. The summed E-state index contributed by atoms with van der Waals surface area (Å²) in [4.78, 5) is 0. The van der Waals surface area contributed by atoms with Crippen LogP contribution in [0.2, 0.25) is 5.02 Å². The van der Waals surface area contributed by atoms with Crippen LogP contribution in [-0.2, 0) is 6.42 Å². The molecule has 0 aromatic heterocycles. The molecule has 0 spiro atoms. The molecule has 0 saturated carbocycles. The second-order valence-corrected chi connectivity index (χ2v) is 4.30. The Balaban J connectivity index is 2.16. The molecule has 2 N–H and O–H groups in total. The second-order valence-electron chi connectivity index (χ2n) is 3.86. The number of ether oxygens (including phenoxy) is 1. The lowest BCUT2D eigenvalue weighted by molar-refractivity contribution is 0.441. The maximum absolute atomic E-state index is 13.7. The van der Waals surface area contributed by atoms with Crippen molar-refractivity contribution in [3.8, 4) is 11.5 Å². The number of rotatable bonds is 4. The highest BCUT2D eigenvalue weighted by Gasteiger charge is 2.06. The van der Waals surface area contributed by atoms with Crippen LogP contribution in [0.3, 0.4) is 0 Å². The van der Waals surface area contributed by atoms with E-state index >= 15 is 0 Å². The molecule has 0 atom stereocenters. The van der Waals surface area contributed by atoms with E-state index in [-0.39, 0.29) is 5.75 Å². The quantitative estimate of drug-likeness (QED) is 0.913. The van der Waals surface area contributed by atoms with Crippen LogP contribution in [0.1, 0.15) is 5.56 Å². The van der Waals surface area contributed by atoms with Gasteiger partial charge in [0, 0.05) is 5.02 Å². The molecule has 0 aliphatic heterocycles. The Kier molecular flexibility index (Phi) is 4.18. The molecule has 2 nitrogen and oxygen atoms in total. The number of hydrogen-bond acceptors (Lipinski definition) is 2. The number of nitrogens with two attached hydrogens (primary N) is 1. The maximum Gasteiger partial charge on any atom is 0.165 e. The molecule has 0 bridgehead atoms. The topological polar surface area (TPSA) is 35.2 Å². The van der Waals surface area contributed by atoms with Gasteiger partial charge in [0.1, 0.15) is 5.75 Å². The summed E-state index contributed by atoms with van der Waals surface area (Å²) in [5, 5.41) is 0.612. The highest BCUT2D eigenvalue weighted by Crippen LogP contribution is 2.26. The fraction of sp³-hybridized carbons (Fsp3) is 0.143. The average Bonchev–Trinajstić information content (AvgIpc) is 2.36. The summed E-state index contributed by atoms with van der Waals surface area (Å²) in [6.45, 7) is 0.497. The average molecular weight is 266 g/mol. The highest BCUT2D eigenvalue weighted by atomic mass is 35.5. The first kappa shape index (κ1) is 12.9. The summed E-state index contributed by atoms with van der Waals surface area (Å²) in [5.74, 6) is 0.346. The van der Waals surface area contributed by atoms with Gasteiger partial charge in [-0.3, -0.25) is 0 Å². The molecule has 0 amide bonds. The first-order chi connectivity index (χ1) is 8.69. The van der Waals surface area contributed by atoms with E-state index in [0.717, 1.165) is 5.56 Å². The molecule has 0 heterocycles. The van der Waals surface area contributed by atoms with E-state index in [9.17, 15) is 4.39 Å². The highest BCUT2D eigenvalue weighted by molar-refractivity contribution is 6.30. The molecule has 0 unspecified atom stereocenters. The largest absolute Gasteiger partial charge is 0.454 e. The summed E-state index contributed by atoms with van der Waals surface area (Å²) in [6.07, 6.45) is 0.651. The van der Waals surface area contributed by atoms with Gasteiger partial charge in [0.15, 0.2) is 11.6 Å². The van der Waals surface area contributed by atoms with Crippen molar-refractivity contribution in [1.82, 2.24) is 0 Å². The third kappa shape index (κ3) is 3.22. The van der Waals surface area contributed by atoms with Gasteiger partial charge in [-0.05, 0) is 54.9 Å². The van der Waals surface area contributed by atoms with E-state index in [4.69, 9.17) is 22.1 Å². The van der Waals surface area contributed by atoms with Crippen LogP contribution in [-0.4, -0.2) is 6.54 Å². The van der Waals surface area contributed by atoms with E-state index in [1.165, 1.54) is 6.07 Å². The van der Waals surface area contributed by atoms with Crippen LogP contribution in [0.25, 0.3) is 0 Å². The lowest BCUT2D eigenvalue weighted by Gasteiger charge is -2.08. The first-order valence-corrected chi connectivity index (χ1v) is 5.99. The molecule has 2 aromatic rings. The van der Waals surface area contributed by atoms with Crippen LogP contribution < -0.4 is 10.5 Å². The van der Waals surface area contributed by atoms with E-state index < -0.39 is 5.82 Å². The van der Waals surface area contributed by atoms with Crippen molar-refractivity contribution in [3.05, 3.63) is 58.9 Å². The third-order valence-corrected chi connectivity index (χ3v) is 2.72. The zero-order valence-electron chi connectivity index (χ0n) is 9.70. The monoisotopic (exact) mass is 265 g/mol. The molecule has 2 aromatic carbocycles. The first-order valence-electron chi connectivity index (χ1n) is 5.61. The van der Waals surface area contributed by atoms with Crippen LogP contribution in [0, 0.1) is 5.82 Å². The maximum atomic E-state index is 13.7. The predicted molar refractivity (Wildman–Crippen MR) is 70.7 cm³/mol. The molecule has 0 aliphatic carbocycles. The van der Waals surface area contributed by atoms with Crippen LogP contribution in [0.15, 0.2) is 42.5 Å².